The van der Waals surface area contributed by atoms with Crippen LogP contribution in [0, 0.1) is 0 Å². The molecule has 0 bridgehead atoms. The van der Waals surface area contributed by atoms with Gasteiger partial charge >= 0.3 is 0 Å². The van der Waals surface area contributed by atoms with Crippen LogP contribution in [0.25, 0.3) is 0 Å². The van der Waals surface area contributed by atoms with E-state index in [0.29, 0.717) is 18.5 Å². The van der Waals surface area contributed by atoms with Gasteiger partial charge in [-0.25, -0.2) is 0 Å². The number of carbonyl (C=O) groups is 1. The summed E-state index contributed by atoms with van der Waals surface area (Å²) in [4.78, 5) is 12.8. The van der Waals surface area contributed by atoms with Crippen molar-refractivity contribution in [3.8, 4) is 0 Å². The van der Waals surface area contributed by atoms with Crippen LogP contribution in [0.2, 0.25) is 0 Å². The third kappa shape index (κ3) is 2.21. The van der Waals surface area contributed by atoms with Gasteiger partial charge in [-0.1, -0.05) is 26.7 Å². The molecule has 0 atom stereocenters. The second kappa shape index (κ2) is 3.74. The second-order valence-corrected chi connectivity index (χ2v) is 3.25. The molecule has 0 saturated carbocycles. The summed E-state index contributed by atoms with van der Waals surface area (Å²) in [5.74, 6) is 0.344. The van der Waals surface area contributed by atoms with Crippen LogP contribution >= 0.6 is 0 Å². The fraction of sp³-hybridized carbons (Fsp3) is 0.889. The molecule has 2 nitrogen and oxygen atoms in total. The lowest BCUT2D eigenvalue weighted by molar-refractivity contribution is -0.114. The molecule has 11 heavy (non-hydrogen) atoms. The minimum Gasteiger partial charge on any atom is -0.329 e. The van der Waals surface area contributed by atoms with Gasteiger partial charge in [0.1, 0.15) is 6.54 Å². The summed E-state index contributed by atoms with van der Waals surface area (Å²) in [5, 5.41) is 0. The van der Waals surface area contributed by atoms with E-state index in [1.807, 2.05) is 4.90 Å². The van der Waals surface area contributed by atoms with Gasteiger partial charge in [-0.05, 0) is 12.8 Å². The maximum absolute atomic E-state index is 10.8. The molecule has 1 aliphatic heterocycles. The van der Waals surface area contributed by atoms with Gasteiger partial charge in [0.2, 0.25) is 5.91 Å². The number of rotatable bonds is 5. The molecule has 0 aromatic rings. The first-order chi connectivity index (χ1) is 5.29. The molecule has 2 heteroatoms. The molecule has 0 radical (unpaired) electrons. The average molecular weight is 155 g/mol. The molecule has 0 N–H and O–H groups in total. The Bertz CT molecular complexity index is 138. The molecule has 0 aliphatic carbocycles. The van der Waals surface area contributed by atoms with Crippen LogP contribution in [-0.4, -0.2) is 23.4 Å². The topological polar surface area (TPSA) is 20.1 Å². The molecule has 0 unspecified atom stereocenters. The smallest absolute Gasteiger partial charge is 0.242 e. The van der Waals surface area contributed by atoms with Gasteiger partial charge < -0.3 is 4.90 Å². The van der Waals surface area contributed by atoms with Gasteiger partial charge in [0, 0.05) is 6.04 Å². The Morgan fingerprint density at radius 2 is 1.82 bits per heavy atom. The average Bonchev–Trinajstić information content (AvgIpc) is 2.67. The lowest BCUT2D eigenvalue weighted by Gasteiger charge is -2.15. The van der Waals surface area contributed by atoms with Crippen molar-refractivity contribution >= 4 is 5.91 Å². The van der Waals surface area contributed by atoms with E-state index in [9.17, 15) is 4.79 Å². The number of nitrogens with zero attached hydrogens (tertiary/aromatic N) is 1. The predicted molar refractivity (Wildman–Crippen MR) is 45.3 cm³/mol. The normalized spacial score (nSPS) is 16.3. The summed E-state index contributed by atoms with van der Waals surface area (Å²) in [6.07, 6.45) is 4.74. The Morgan fingerprint density at radius 1 is 1.36 bits per heavy atom. The van der Waals surface area contributed by atoms with Crippen molar-refractivity contribution in [3.63, 3.8) is 0 Å². The van der Waals surface area contributed by atoms with Crippen molar-refractivity contribution in [3.05, 3.63) is 0 Å². The van der Waals surface area contributed by atoms with Gasteiger partial charge in [0.15, 0.2) is 0 Å². The summed E-state index contributed by atoms with van der Waals surface area (Å²) in [7, 11) is 0. The van der Waals surface area contributed by atoms with E-state index in [2.05, 4.69) is 13.8 Å². The minimum absolute atomic E-state index is 0.344. The van der Waals surface area contributed by atoms with Crippen LogP contribution in [0.5, 0.6) is 0 Å². The zero-order valence-corrected chi connectivity index (χ0v) is 7.47. The van der Waals surface area contributed by atoms with Gasteiger partial charge in [-0.3, -0.25) is 4.79 Å². The third-order valence-corrected chi connectivity index (χ3v) is 2.21. The summed E-state index contributed by atoms with van der Waals surface area (Å²) in [6, 6.07) is 0.553. The van der Waals surface area contributed by atoms with Gasteiger partial charge in [-0.2, -0.15) is 0 Å². The first kappa shape index (κ1) is 8.57. The van der Waals surface area contributed by atoms with Crippen molar-refractivity contribution in [2.75, 3.05) is 6.54 Å². The van der Waals surface area contributed by atoms with Crippen LogP contribution in [0.3, 0.4) is 0 Å². The van der Waals surface area contributed by atoms with Crippen molar-refractivity contribution in [2.24, 2.45) is 0 Å². The summed E-state index contributed by atoms with van der Waals surface area (Å²) < 4.78 is 0. The molecule has 1 heterocycles. The number of carbonyl (C=O) groups excluding carboxylic acids is 1. The van der Waals surface area contributed by atoms with E-state index in [1.165, 1.54) is 25.7 Å². The Balaban J connectivity index is 2.27. The highest BCUT2D eigenvalue weighted by Crippen LogP contribution is 2.20. The molecule has 0 spiro atoms. The molecular formula is C9H17NO. The Kier molecular flexibility index (Phi) is 2.92. The van der Waals surface area contributed by atoms with Crippen LogP contribution < -0.4 is 0 Å². The highest BCUT2D eigenvalue weighted by Gasteiger charge is 2.35. The molecule has 1 saturated heterocycles. The largest absolute Gasteiger partial charge is 0.329 e. The number of hydrogen-bond donors (Lipinski definition) is 0. The Hall–Kier alpha value is -0.530. The maximum Gasteiger partial charge on any atom is 0.242 e. The standard InChI is InChI=1S/C9H17NO/c1-3-5-8(6-4-2)10-7-9(10)11/h8H,3-7H2,1-2H3. The quantitative estimate of drug-likeness (QED) is 0.554. The van der Waals surface area contributed by atoms with Crippen LogP contribution in [0.1, 0.15) is 39.5 Å². The Morgan fingerprint density at radius 3 is 2.09 bits per heavy atom. The van der Waals surface area contributed by atoms with Crippen LogP contribution in [0.15, 0.2) is 0 Å². The van der Waals surface area contributed by atoms with E-state index in [0.717, 1.165) is 0 Å². The first-order valence-electron chi connectivity index (χ1n) is 4.59. The van der Waals surface area contributed by atoms with E-state index in [-0.39, 0.29) is 0 Å². The highest BCUT2D eigenvalue weighted by molar-refractivity contribution is 5.92. The molecule has 0 aromatic carbocycles. The lowest BCUT2D eigenvalue weighted by atomic mass is 10.1. The van der Waals surface area contributed by atoms with Gasteiger partial charge in [-0.15, -0.1) is 0 Å². The maximum atomic E-state index is 10.8. The summed E-state index contributed by atoms with van der Waals surface area (Å²) in [5.41, 5.74) is 0. The van der Waals surface area contributed by atoms with Crippen molar-refractivity contribution in [1.82, 2.24) is 4.90 Å². The highest BCUT2D eigenvalue weighted by atomic mass is 16.2. The van der Waals surface area contributed by atoms with Crippen molar-refractivity contribution in [1.29, 1.82) is 0 Å². The second-order valence-electron chi connectivity index (χ2n) is 3.25. The SMILES string of the molecule is CCCC(CCC)N1CC1=O. The molecule has 1 rings (SSSR count). The van der Waals surface area contributed by atoms with Gasteiger partial charge in [0.05, 0.1) is 0 Å². The van der Waals surface area contributed by atoms with Gasteiger partial charge in [0.25, 0.3) is 0 Å². The monoisotopic (exact) mass is 155 g/mol. The van der Waals surface area contributed by atoms with E-state index in [4.69, 9.17) is 0 Å². The molecule has 1 aliphatic rings. The third-order valence-electron chi connectivity index (χ3n) is 2.21. The van der Waals surface area contributed by atoms with E-state index < -0.39 is 0 Å². The Labute approximate surface area is 68.6 Å². The fourth-order valence-corrected chi connectivity index (χ4v) is 1.57. The molecule has 64 valence electrons. The minimum atomic E-state index is 0.344. The first-order valence-corrected chi connectivity index (χ1v) is 4.59. The predicted octanol–water partition coefficient (Wildman–Crippen LogP) is 1.80. The fourth-order valence-electron chi connectivity index (χ4n) is 1.57. The van der Waals surface area contributed by atoms with Crippen molar-refractivity contribution in [2.45, 2.75) is 45.6 Å². The zero-order valence-electron chi connectivity index (χ0n) is 7.47. The molecule has 0 aromatic heterocycles. The lowest BCUT2D eigenvalue weighted by Crippen LogP contribution is -2.18. The van der Waals surface area contributed by atoms with Crippen molar-refractivity contribution < 1.29 is 4.79 Å². The zero-order chi connectivity index (χ0) is 8.27. The van der Waals surface area contributed by atoms with E-state index in [1.54, 1.807) is 0 Å². The number of amides is 1. The molecule has 1 fully saturated rings. The van der Waals surface area contributed by atoms with Crippen LogP contribution in [-0.2, 0) is 4.79 Å². The van der Waals surface area contributed by atoms with E-state index >= 15 is 0 Å². The molecule has 1 amide bonds. The summed E-state index contributed by atoms with van der Waals surface area (Å²) in [6.45, 7) is 5.07. The van der Waals surface area contributed by atoms with Crippen LogP contribution in [0.4, 0.5) is 0 Å². The molecular weight excluding hydrogens is 138 g/mol. The number of hydrogen-bond acceptors (Lipinski definition) is 1. The summed E-state index contributed by atoms with van der Waals surface area (Å²) >= 11 is 0.